The Morgan fingerprint density at radius 2 is 1.34 bits per heavy atom. The van der Waals surface area contributed by atoms with Gasteiger partial charge in [0.25, 0.3) is 0 Å². The van der Waals surface area contributed by atoms with Gasteiger partial charge in [-0.1, -0.05) is 72.8 Å². The molecule has 0 fully saturated rings. The smallest absolute Gasteiger partial charge is 0.368 e. The highest BCUT2D eigenvalue weighted by Gasteiger charge is 2.37. The zero-order chi connectivity index (χ0) is 20.1. The average molecular weight is 382 g/mol. The van der Waals surface area contributed by atoms with Crippen molar-refractivity contribution in [2.45, 2.75) is 5.54 Å². The summed E-state index contributed by atoms with van der Waals surface area (Å²) in [6.45, 7) is 0. The molecule has 5 heteroatoms. The molecule has 1 aliphatic rings. The Morgan fingerprint density at radius 3 is 1.86 bits per heavy atom. The molecule has 3 aromatic rings. The lowest BCUT2D eigenvalue weighted by atomic mass is 9.77. The van der Waals surface area contributed by atoms with E-state index in [1.165, 1.54) is 6.20 Å². The van der Waals surface area contributed by atoms with E-state index >= 15 is 0 Å². The molecule has 0 saturated carbocycles. The van der Waals surface area contributed by atoms with Gasteiger partial charge in [-0.3, -0.25) is 0 Å². The van der Waals surface area contributed by atoms with Gasteiger partial charge >= 0.3 is 6.03 Å². The van der Waals surface area contributed by atoms with Gasteiger partial charge in [0.2, 0.25) is 0 Å². The summed E-state index contributed by atoms with van der Waals surface area (Å²) in [6.07, 6.45) is 3.16. The van der Waals surface area contributed by atoms with Gasteiger partial charge < -0.3 is 10.1 Å². The molecule has 1 aliphatic heterocycles. The molecular formula is C24H20N3O2. The lowest BCUT2D eigenvalue weighted by Crippen LogP contribution is -2.48. The largest absolute Gasteiger partial charge is 0.497 e. The Labute approximate surface area is 169 Å². The van der Waals surface area contributed by atoms with Crippen molar-refractivity contribution in [1.82, 2.24) is 10.6 Å². The van der Waals surface area contributed by atoms with Crippen LogP contribution in [0, 0.1) is 0 Å². The number of carbonyl (C=O) groups excluding carboxylic acids is 1. The van der Waals surface area contributed by atoms with Crippen molar-refractivity contribution in [1.29, 1.82) is 0 Å². The van der Waals surface area contributed by atoms with Gasteiger partial charge in [-0.25, -0.2) is 4.79 Å². The molecule has 1 heterocycles. The minimum Gasteiger partial charge on any atom is -0.497 e. The number of rotatable bonds is 5. The zero-order valence-electron chi connectivity index (χ0n) is 15.9. The molecule has 0 saturated heterocycles. The van der Waals surface area contributed by atoms with E-state index in [0.717, 1.165) is 22.4 Å². The Bertz CT molecular complexity index is 1000. The lowest BCUT2D eigenvalue weighted by molar-refractivity contribution is 0.251. The number of aliphatic imine (C=N–C) groups is 1. The van der Waals surface area contributed by atoms with Crippen molar-refractivity contribution in [3.05, 3.63) is 114 Å². The molecule has 5 nitrogen and oxygen atoms in total. The minimum atomic E-state index is -0.768. The quantitative estimate of drug-likeness (QED) is 0.672. The number of hydrogen-bond donors (Lipinski definition) is 1. The van der Waals surface area contributed by atoms with Crippen LogP contribution >= 0.6 is 0 Å². The number of carbonyl (C=O) groups is 1. The number of urea groups is 1. The van der Waals surface area contributed by atoms with Crippen LogP contribution in [0.25, 0.3) is 0 Å². The minimum absolute atomic E-state index is 0.452. The monoisotopic (exact) mass is 382 g/mol. The van der Waals surface area contributed by atoms with Crippen molar-refractivity contribution in [2.75, 3.05) is 7.11 Å². The molecule has 1 radical (unpaired) electrons. The number of amides is 2. The summed E-state index contributed by atoms with van der Waals surface area (Å²) in [5, 5.41) is 7.22. The number of nitrogens with zero attached hydrogens (tertiary/aromatic N) is 2. The third-order valence-corrected chi connectivity index (χ3v) is 4.89. The van der Waals surface area contributed by atoms with Crippen LogP contribution in [-0.4, -0.2) is 19.0 Å². The lowest BCUT2D eigenvalue weighted by Gasteiger charge is -2.37. The van der Waals surface area contributed by atoms with Gasteiger partial charge in [-0.05, 0) is 34.9 Å². The number of nitrogens with one attached hydrogen (secondary N) is 1. The summed E-state index contributed by atoms with van der Waals surface area (Å²) < 4.78 is 5.34. The fourth-order valence-corrected chi connectivity index (χ4v) is 3.54. The molecule has 143 valence electrons. The van der Waals surface area contributed by atoms with Crippen LogP contribution in [0.2, 0.25) is 0 Å². The molecule has 0 aromatic heterocycles. The first kappa shape index (κ1) is 18.5. The fraction of sp³-hybridized carbons (Fsp3) is 0.0833. The highest BCUT2D eigenvalue weighted by atomic mass is 16.5. The van der Waals surface area contributed by atoms with Crippen LogP contribution < -0.4 is 15.4 Å². The topological polar surface area (TPSA) is 64.8 Å². The molecule has 0 unspecified atom stereocenters. The average Bonchev–Trinajstić information content (AvgIpc) is 2.79. The van der Waals surface area contributed by atoms with Crippen molar-refractivity contribution in [2.24, 2.45) is 4.99 Å². The number of benzene rings is 3. The van der Waals surface area contributed by atoms with Gasteiger partial charge in [0, 0.05) is 6.20 Å². The third kappa shape index (κ3) is 3.62. The SMILES string of the molecule is COc1ccc(C(NC2=NC(=O)[N]C=C2)(c2ccccc2)c2ccccc2)cc1. The maximum Gasteiger partial charge on any atom is 0.368 e. The van der Waals surface area contributed by atoms with Crippen LogP contribution in [0.15, 0.2) is 102 Å². The second kappa shape index (κ2) is 8.02. The van der Waals surface area contributed by atoms with E-state index in [1.54, 1.807) is 13.2 Å². The van der Waals surface area contributed by atoms with Crippen LogP contribution in [0.5, 0.6) is 5.75 Å². The van der Waals surface area contributed by atoms with Crippen LogP contribution in [0.1, 0.15) is 16.7 Å². The van der Waals surface area contributed by atoms with Crippen LogP contribution in [-0.2, 0) is 5.54 Å². The predicted octanol–water partition coefficient (Wildman–Crippen LogP) is 4.23. The van der Waals surface area contributed by atoms with Crippen molar-refractivity contribution < 1.29 is 9.53 Å². The van der Waals surface area contributed by atoms with E-state index in [9.17, 15) is 4.79 Å². The summed E-state index contributed by atoms with van der Waals surface area (Å²) in [5.41, 5.74) is 2.25. The van der Waals surface area contributed by atoms with Crippen LogP contribution in [0.3, 0.4) is 0 Å². The summed E-state index contributed by atoms with van der Waals surface area (Å²) in [7, 11) is 1.64. The maximum absolute atomic E-state index is 11.8. The van der Waals surface area contributed by atoms with E-state index < -0.39 is 11.6 Å². The van der Waals surface area contributed by atoms with E-state index in [0.29, 0.717) is 5.84 Å². The predicted molar refractivity (Wildman–Crippen MR) is 113 cm³/mol. The van der Waals surface area contributed by atoms with Crippen molar-refractivity contribution in [3.8, 4) is 5.75 Å². The number of amidine groups is 1. The Hall–Kier alpha value is -3.86. The molecule has 4 rings (SSSR count). The highest BCUT2D eigenvalue weighted by molar-refractivity contribution is 6.03. The molecule has 3 aromatic carbocycles. The first-order valence-corrected chi connectivity index (χ1v) is 9.26. The molecule has 2 amide bonds. The van der Waals surface area contributed by atoms with Gasteiger partial charge in [-0.15, -0.1) is 0 Å². The highest BCUT2D eigenvalue weighted by Crippen LogP contribution is 2.37. The van der Waals surface area contributed by atoms with Gasteiger partial charge in [-0.2, -0.15) is 10.3 Å². The van der Waals surface area contributed by atoms with E-state index in [2.05, 4.69) is 39.9 Å². The Morgan fingerprint density at radius 1 is 0.793 bits per heavy atom. The molecule has 0 spiro atoms. The third-order valence-electron chi connectivity index (χ3n) is 4.89. The first-order chi connectivity index (χ1) is 14.2. The molecule has 0 aliphatic carbocycles. The Balaban J connectivity index is 1.96. The Kier molecular flexibility index (Phi) is 5.12. The van der Waals surface area contributed by atoms with Gasteiger partial charge in [0.1, 0.15) is 17.1 Å². The molecule has 1 N–H and O–H groups in total. The summed E-state index contributed by atoms with van der Waals surface area (Å²) in [5.74, 6) is 1.22. The fourth-order valence-electron chi connectivity index (χ4n) is 3.54. The summed E-state index contributed by atoms with van der Waals surface area (Å²) in [4.78, 5) is 15.9. The standard InChI is InChI=1S/C24H20N3O2/c1-29-21-14-12-20(13-15-21)24(18-8-4-2-5-9-18,19-10-6-3-7-11-19)27-22-16-17-25-23(28)26-22/h2-17H,1H3,(H,26,27,28). The number of methoxy groups -OCH3 is 1. The van der Waals surface area contributed by atoms with E-state index in [4.69, 9.17) is 4.74 Å². The molecule has 0 atom stereocenters. The second-order valence-electron chi connectivity index (χ2n) is 6.56. The second-order valence-corrected chi connectivity index (χ2v) is 6.56. The normalized spacial score (nSPS) is 13.4. The maximum atomic E-state index is 11.8. The van der Waals surface area contributed by atoms with Gasteiger partial charge in [0.05, 0.1) is 7.11 Å². The summed E-state index contributed by atoms with van der Waals surface area (Å²) in [6, 6.07) is 27.5. The molecule has 0 bridgehead atoms. The van der Waals surface area contributed by atoms with Crippen molar-refractivity contribution >= 4 is 11.9 Å². The van der Waals surface area contributed by atoms with E-state index in [1.807, 2.05) is 60.7 Å². The molecular weight excluding hydrogens is 362 g/mol. The van der Waals surface area contributed by atoms with Crippen LogP contribution in [0.4, 0.5) is 4.79 Å². The van der Waals surface area contributed by atoms with Gasteiger partial charge in [0.15, 0.2) is 0 Å². The first-order valence-electron chi connectivity index (χ1n) is 9.26. The number of hydrogen-bond acceptors (Lipinski definition) is 3. The number of ether oxygens (including phenoxy) is 1. The van der Waals surface area contributed by atoms with E-state index in [-0.39, 0.29) is 0 Å². The summed E-state index contributed by atoms with van der Waals surface area (Å²) >= 11 is 0. The zero-order valence-corrected chi connectivity index (χ0v) is 15.9. The van der Waals surface area contributed by atoms with Crippen molar-refractivity contribution in [3.63, 3.8) is 0 Å². The molecule has 29 heavy (non-hydrogen) atoms.